The van der Waals surface area contributed by atoms with Gasteiger partial charge in [0.15, 0.2) is 6.61 Å². The average Bonchev–Trinajstić information content (AvgIpc) is 3.02. The molecule has 2 aromatic carbocycles. The second-order valence-electron chi connectivity index (χ2n) is 5.97. The lowest BCUT2D eigenvalue weighted by Gasteiger charge is -2.14. The maximum absolute atomic E-state index is 12.1. The summed E-state index contributed by atoms with van der Waals surface area (Å²) < 4.78 is 11.1. The van der Waals surface area contributed by atoms with Crippen molar-refractivity contribution >= 4 is 5.91 Å². The Balaban J connectivity index is 1.48. The summed E-state index contributed by atoms with van der Waals surface area (Å²) in [6.07, 6.45) is 2.94. The predicted octanol–water partition coefficient (Wildman–Crippen LogP) is 3.66. The van der Waals surface area contributed by atoms with Crippen molar-refractivity contribution in [1.29, 1.82) is 0 Å². The van der Waals surface area contributed by atoms with Gasteiger partial charge in [-0.2, -0.15) is 0 Å². The largest absolute Gasteiger partial charge is 0.494 e. The number of hydrogen-bond donors (Lipinski definition) is 1. The molecule has 1 amide bonds. The molecule has 0 unspecified atom stereocenters. The van der Waals surface area contributed by atoms with Gasteiger partial charge in [0.1, 0.15) is 11.5 Å². The van der Waals surface area contributed by atoms with Gasteiger partial charge in [-0.15, -0.1) is 0 Å². The molecule has 0 fully saturated rings. The maximum atomic E-state index is 12.1. The van der Waals surface area contributed by atoms with E-state index in [1.54, 1.807) is 0 Å². The van der Waals surface area contributed by atoms with E-state index in [1.807, 2.05) is 36.4 Å². The number of amides is 1. The van der Waals surface area contributed by atoms with Gasteiger partial charge in [-0.05, 0) is 54.7 Å². The van der Waals surface area contributed by atoms with Crippen molar-refractivity contribution in [3.8, 4) is 11.5 Å². The van der Waals surface area contributed by atoms with Crippen LogP contribution in [0.1, 0.15) is 36.9 Å². The molecule has 4 nitrogen and oxygen atoms in total. The Bertz CT molecular complexity index is 682. The van der Waals surface area contributed by atoms with Crippen LogP contribution in [0.2, 0.25) is 0 Å². The highest BCUT2D eigenvalue weighted by atomic mass is 16.5. The summed E-state index contributed by atoms with van der Waals surface area (Å²) in [6.45, 7) is 2.79. The van der Waals surface area contributed by atoms with E-state index in [4.69, 9.17) is 9.47 Å². The molecule has 24 heavy (non-hydrogen) atoms. The van der Waals surface area contributed by atoms with E-state index >= 15 is 0 Å². The first-order valence-electron chi connectivity index (χ1n) is 8.49. The van der Waals surface area contributed by atoms with Crippen LogP contribution in [0.15, 0.2) is 48.5 Å². The van der Waals surface area contributed by atoms with Crippen LogP contribution in [0.5, 0.6) is 11.5 Å². The Kier molecular flexibility index (Phi) is 5.36. The molecule has 0 saturated heterocycles. The van der Waals surface area contributed by atoms with Crippen molar-refractivity contribution in [2.45, 2.75) is 32.2 Å². The number of fused-ring (bicyclic) bond motifs is 1. The van der Waals surface area contributed by atoms with E-state index < -0.39 is 0 Å². The normalized spacial score (nSPS) is 15.6. The molecule has 3 rings (SSSR count). The van der Waals surface area contributed by atoms with E-state index in [1.165, 1.54) is 11.1 Å². The molecule has 0 radical (unpaired) electrons. The van der Waals surface area contributed by atoms with E-state index in [0.717, 1.165) is 25.0 Å². The number of carbonyl (C=O) groups excluding carboxylic acids is 1. The molecule has 0 aliphatic heterocycles. The van der Waals surface area contributed by atoms with Crippen molar-refractivity contribution in [3.63, 3.8) is 0 Å². The molecule has 0 aromatic heterocycles. The number of rotatable bonds is 7. The lowest BCUT2D eigenvalue weighted by Crippen LogP contribution is -2.31. The second-order valence-corrected chi connectivity index (χ2v) is 5.97. The van der Waals surface area contributed by atoms with Crippen LogP contribution in [-0.2, 0) is 11.2 Å². The van der Waals surface area contributed by atoms with Gasteiger partial charge in [0.25, 0.3) is 5.91 Å². The number of carbonyl (C=O) groups is 1. The van der Waals surface area contributed by atoms with E-state index in [0.29, 0.717) is 12.4 Å². The lowest BCUT2D eigenvalue weighted by molar-refractivity contribution is -0.123. The van der Waals surface area contributed by atoms with Gasteiger partial charge >= 0.3 is 0 Å². The molecule has 0 spiro atoms. The minimum Gasteiger partial charge on any atom is -0.494 e. The molecule has 1 N–H and O–H groups in total. The zero-order valence-corrected chi connectivity index (χ0v) is 14.0. The van der Waals surface area contributed by atoms with Crippen LogP contribution in [0, 0.1) is 0 Å². The van der Waals surface area contributed by atoms with Gasteiger partial charge in [-0.1, -0.05) is 31.2 Å². The highest BCUT2D eigenvalue weighted by Gasteiger charge is 2.23. The summed E-state index contributed by atoms with van der Waals surface area (Å²) in [6, 6.07) is 15.7. The highest BCUT2D eigenvalue weighted by Crippen LogP contribution is 2.30. The topological polar surface area (TPSA) is 47.6 Å². The molecule has 1 aliphatic rings. The van der Waals surface area contributed by atoms with Crippen molar-refractivity contribution in [2.75, 3.05) is 13.2 Å². The molecule has 0 bridgehead atoms. The van der Waals surface area contributed by atoms with Crippen LogP contribution in [0.4, 0.5) is 0 Å². The molecule has 1 aliphatic carbocycles. The van der Waals surface area contributed by atoms with Crippen LogP contribution in [0.25, 0.3) is 0 Å². The minimum absolute atomic E-state index is 0.0217. The summed E-state index contributed by atoms with van der Waals surface area (Å²) in [5.41, 5.74) is 2.55. The van der Waals surface area contributed by atoms with Gasteiger partial charge in [0.2, 0.25) is 0 Å². The third-order valence-corrected chi connectivity index (χ3v) is 4.13. The molecule has 126 valence electrons. The fourth-order valence-corrected chi connectivity index (χ4v) is 2.94. The van der Waals surface area contributed by atoms with E-state index in [9.17, 15) is 4.79 Å². The Morgan fingerprint density at radius 1 is 1.08 bits per heavy atom. The number of ether oxygens (including phenoxy) is 2. The summed E-state index contributed by atoms with van der Waals surface area (Å²) in [7, 11) is 0. The Hall–Kier alpha value is -2.49. The SMILES string of the molecule is CCCOc1ccc(OCC(=O)N[C@@H]2CCc3ccccc32)cc1. The van der Waals surface area contributed by atoms with E-state index in [2.05, 4.69) is 24.4 Å². The third-order valence-electron chi connectivity index (χ3n) is 4.13. The fraction of sp³-hybridized carbons (Fsp3) is 0.350. The van der Waals surface area contributed by atoms with Crippen molar-refractivity contribution in [1.82, 2.24) is 5.32 Å². The highest BCUT2D eigenvalue weighted by molar-refractivity contribution is 5.78. The molecule has 1 atom stereocenters. The quantitative estimate of drug-likeness (QED) is 0.845. The van der Waals surface area contributed by atoms with Gasteiger partial charge in [-0.25, -0.2) is 0 Å². The Morgan fingerprint density at radius 2 is 1.79 bits per heavy atom. The average molecular weight is 325 g/mol. The van der Waals surface area contributed by atoms with Crippen molar-refractivity contribution in [2.24, 2.45) is 0 Å². The molecule has 0 heterocycles. The van der Waals surface area contributed by atoms with Gasteiger partial charge in [0.05, 0.1) is 12.6 Å². The van der Waals surface area contributed by atoms with Gasteiger partial charge < -0.3 is 14.8 Å². The first-order chi connectivity index (χ1) is 11.8. The van der Waals surface area contributed by atoms with Crippen LogP contribution in [-0.4, -0.2) is 19.1 Å². The smallest absolute Gasteiger partial charge is 0.258 e. The fourth-order valence-electron chi connectivity index (χ4n) is 2.94. The standard InChI is InChI=1S/C20H23NO3/c1-2-13-23-16-8-10-17(11-9-16)24-14-20(22)21-19-12-7-15-5-3-4-6-18(15)19/h3-6,8-11,19H,2,7,12-14H2,1H3,(H,21,22)/t19-/m1/s1. The van der Waals surface area contributed by atoms with Crippen molar-refractivity contribution < 1.29 is 14.3 Å². The van der Waals surface area contributed by atoms with Crippen LogP contribution in [0.3, 0.4) is 0 Å². The minimum atomic E-state index is -0.0944. The van der Waals surface area contributed by atoms with Crippen LogP contribution >= 0.6 is 0 Å². The molecule has 2 aromatic rings. The number of nitrogens with one attached hydrogen (secondary N) is 1. The van der Waals surface area contributed by atoms with Gasteiger partial charge in [-0.3, -0.25) is 4.79 Å². The molecular formula is C20H23NO3. The first-order valence-corrected chi connectivity index (χ1v) is 8.49. The van der Waals surface area contributed by atoms with Crippen LogP contribution < -0.4 is 14.8 Å². The summed E-state index contributed by atoms with van der Waals surface area (Å²) in [5, 5.41) is 3.06. The number of benzene rings is 2. The Morgan fingerprint density at radius 3 is 2.54 bits per heavy atom. The molecule has 0 saturated carbocycles. The monoisotopic (exact) mass is 325 g/mol. The van der Waals surface area contributed by atoms with Gasteiger partial charge in [0, 0.05) is 0 Å². The lowest BCUT2D eigenvalue weighted by atomic mass is 10.1. The zero-order valence-electron chi connectivity index (χ0n) is 14.0. The summed E-state index contributed by atoms with van der Waals surface area (Å²) >= 11 is 0. The first kappa shape index (κ1) is 16.4. The number of aryl methyl sites for hydroxylation is 1. The predicted molar refractivity (Wildman–Crippen MR) is 93.4 cm³/mol. The maximum Gasteiger partial charge on any atom is 0.258 e. The molecular weight excluding hydrogens is 302 g/mol. The summed E-state index contributed by atoms with van der Waals surface area (Å²) in [4.78, 5) is 12.1. The number of hydrogen-bond acceptors (Lipinski definition) is 3. The van der Waals surface area contributed by atoms with E-state index in [-0.39, 0.29) is 18.6 Å². The summed E-state index contributed by atoms with van der Waals surface area (Å²) in [5.74, 6) is 1.39. The Labute approximate surface area is 142 Å². The van der Waals surface area contributed by atoms with Crippen molar-refractivity contribution in [3.05, 3.63) is 59.7 Å². The molecule has 4 heteroatoms. The zero-order chi connectivity index (χ0) is 16.8. The third kappa shape index (κ3) is 4.07. The second kappa shape index (κ2) is 7.86.